The minimum absolute atomic E-state index is 0.0518. The number of imidazole rings is 1. The van der Waals surface area contributed by atoms with Gasteiger partial charge in [0.1, 0.15) is 0 Å². The summed E-state index contributed by atoms with van der Waals surface area (Å²) in [7, 11) is 1.73. The summed E-state index contributed by atoms with van der Waals surface area (Å²) in [5.74, 6) is 0. The Kier molecular flexibility index (Phi) is 2.75. The quantitative estimate of drug-likeness (QED) is 0.696. The Bertz CT molecular complexity index is 721. The monoisotopic (exact) mass is 255 g/mol. The average Bonchev–Trinajstić information content (AvgIpc) is 3.03. The van der Waals surface area contributed by atoms with Crippen molar-refractivity contribution in [1.82, 2.24) is 24.1 Å². The molecule has 3 aromatic rings. The molecule has 19 heavy (non-hydrogen) atoms. The van der Waals surface area contributed by atoms with Gasteiger partial charge in [-0.25, -0.2) is 9.48 Å². The molecule has 6 heteroatoms. The molecule has 6 nitrogen and oxygen atoms in total. The Labute approximate surface area is 109 Å². The molecule has 96 valence electrons. The van der Waals surface area contributed by atoms with Crippen molar-refractivity contribution in [3.05, 3.63) is 65.1 Å². The highest BCUT2D eigenvalue weighted by Gasteiger charge is 2.03. The molecule has 0 amide bonds. The number of hydrogen-bond donors (Lipinski definition) is 0. The maximum absolute atomic E-state index is 11.8. The third-order valence-electron chi connectivity index (χ3n) is 2.98. The van der Waals surface area contributed by atoms with Crippen molar-refractivity contribution in [2.24, 2.45) is 7.05 Å². The minimum atomic E-state index is -0.0518. The molecule has 2 aromatic heterocycles. The van der Waals surface area contributed by atoms with Crippen LogP contribution in [0.15, 0.2) is 53.8 Å². The van der Waals surface area contributed by atoms with E-state index in [1.165, 1.54) is 0 Å². The fourth-order valence-corrected chi connectivity index (χ4v) is 1.93. The second-order valence-corrected chi connectivity index (χ2v) is 4.33. The molecule has 0 fully saturated rings. The summed E-state index contributed by atoms with van der Waals surface area (Å²) in [4.78, 5) is 11.8. The van der Waals surface area contributed by atoms with Gasteiger partial charge in [-0.1, -0.05) is 17.3 Å². The van der Waals surface area contributed by atoms with Crippen LogP contribution in [0.4, 0.5) is 0 Å². The molecule has 0 unspecified atom stereocenters. The molecule has 0 spiro atoms. The van der Waals surface area contributed by atoms with E-state index < -0.39 is 0 Å². The van der Waals surface area contributed by atoms with E-state index in [1.54, 1.807) is 39.5 Å². The summed E-state index contributed by atoms with van der Waals surface area (Å²) in [5.41, 5.74) is 1.91. The smallest absolute Gasteiger partial charge is 0.302 e. The first-order chi connectivity index (χ1) is 9.24. The first-order valence-corrected chi connectivity index (χ1v) is 5.91. The molecule has 0 radical (unpaired) electrons. The van der Waals surface area contributed by atoms with Crippen LogP contribution < -0.4 is 5.69 Å². The highest BCUT2D eigenvalue weighted by atomic mass is 16.1. The van der Waals surface area contributed by atoms with Crippen LogP contribution in [0.1, 0.15) is 5.56 Å². The third kappa shape index (κ3) is 2.20. The standard InChI is InChI=1S/C13H13N5O/c1-16-8-9-18(13(16)19)12-4-2-11(3-5-12)10-17-7-6-14-15-17/h2-9H,10H2,1H3. The molecular formula is C13H13N5O. The summed E-state index contributed by atoms with van der Waals surface area (Å²) in [5, 5.41) is 7.68. The zero-order chi connectivity index (χ0) is 13.2. The summed E-state index contributed by atoms with van der Waals surface area (Å²) in [6.45, 7) is 0.671. The predicted molar refractivity (Wildman–Crippen MR) is 70.1 cm³/mol. The Morgan fingerprint density at radius 2 is 1.89 bits per heavy atom. The molecule has 0 aliphatic rings. The van der Waals surface area contributed by atoms with E-state index in [9.17, 15) is 4.79 Å². The van der Waals surface area contributed by atoms with Crippen LogP contribution in [-0.4, -0.2) is 24.1 Å². The van der Waals surface area contributed by atoms with Crippen LogP contribution >= 0.6 is 0 Å². The number of benzene rings is 1. The van der Waals surface area contributed by atoms with Crippen LogP contribution in [0, 0.1) is 0 Å². The summed E-state index contributed by atoms with van der Waals surface area (Å²) in [6, 6.07) is 7.81. The normalized spacial score (nSPS) is 10.8. The number of nitrogens with zero attached hydrogens (tertiary/aromatic N) is 5. The molecule has 0 atom stereocenters. The lowest BCUT2D eigenvalue weighted by atomic mass is 10.2. The van der Waals surface area contributed by atoms with Gasteiger partial charge >= 0.3 is 5.69 Å². The molecule has 3 rings (SSSR count). The molecule has 0 saturated heterocycles. The average molecular weight is 255 g/mol. The van der Waals surface area contributed by atoms with Crippen molar-refractivity contribution >= 4 is 0 Å². The van der Waals surface area contributed by atoms with E-state index in [0.717, 1.165) is 11.3 Å². The van der Waals surface area contributed by atoms with E-state index in [2.05, 4.69) is 10.3 Å². The van der Waals surface area contributed by atoms with Crippen LogP contribution in [0.2, 0.25) is 0 Å². The van der Waals surface area contributed by atoms with Gasteiger partial charge in [-0.05, 0) is 17.7 Å². The Balaban J connectivity index is 1.87. The highest BCUT2D eigenvalue weighted by Crippen LogP contribution is 2.08. The lowest BCUT2D eigenvalue weighted by Gasteiger charge is -2.04. The number of aromatic nitrogens is 5. The van der Waals surface area contributed by atoms with Crippen molar-refractivity contribution in [2.75, 3.05) is 0 Å². The second kappa shape index (κ2) is 4.56. The Hall–Kier alpha value is -2.63. The molecule has 0 aliphatic heterocycles. The molecule has 2 heterocycles. The lowest BCUT2D eigenvalue weighted by Crippen LogP contribution is -2.20. The maximum Gasteiger partial charge on any atom is 0.332 e. The van der Waals surface area contributed by atoms with E-state index >= 15 is 0 Å². The first-order valence-electron chi connectivity index (χ1n) is 5.91. The first kappa shape index (κ1) is 11.5. The van der Waals surface area contributed by atoms with Crippen LogP contribution in [0.25, 0.3) is 5.69 Å². The van der Waals surface area contributed by atoms with Crippen molar-refractivity contribution in [3.8, 4) is 5.69 Å². The van der Waals surface area contributed by atoms with Crippen molar-refractivity contribution in [1.29, 1.82) is 0 Å². The SMILES string of the molecule is Cn1ccn(-c2ccc(Cn3ccnn3)cc2)c1=O. The molecule has 0 aliphatic carbocycles. The predicted octanol–water partition coefficient (Wildman–Crippen LogP) is 0.816. The number of rotatable bonds is 3. The van der Waals surface area contributed by atoms with Gasteiger partial charge < -0.3 is 4.57 Å². The van der Waals surface area contributed by atoms with Gasteiger partial charge in [0.05, 0.1) is 18.4 Å². The largest absolute Gasteiger partial charge is 0.332 e. The van der Waals surface area contributed by atoms with E-state index in [1.807, 2.05) is 30.5 Å². The van der Waals surface area contributed by atoms with E-state index in [-0.39, 0.29) is 5.69 Å². The zero-order valence-corrected chi connectivity index (χ0v) is 10.5. The highest BCUT2D eigenvalue weighted by molar-refractivity contribution is 5.34. The lowest BCUT2D eigenvalue weighted by molar-refractivity contribution is 0.649. The van der Waals surface area contributed by atoms with Crippen molar-refractivity contribution < 1.29 is 0 Å². The fourth-order valence-electron chi connectivity index (χ4n) is 1.93. The Morgan fingerprint density at radius 3 is 2.47 bits per heavy atom. The number of hydrogen-bond acceptors (Lipinski definition) is 3. The fraction of sp³-hybridized carbons (Fsp3) is 0.154. The molecule has 0 saturated carbocycles. The Morgan fingerprint density at radius 1 is 1.11 bits per heavy atom. The molecular weight excluding hydrogens is 242 g/mol. The molecule has 1 aromatic carbocycles. The minimum Gasteiger partial charge on any atom is -0.302 e. The molecule has 0 N–H and O–H groups in total. The van der Waals surface area contributed by atoms with Gasteiger partial charge in [-0.2, -0.15) is 0 Å². The third-order valence-corrected chi connectivity index (χ3v) is 2.98. The van der Waals surface area contributed by atoms with E-state index in [0.29, 0.717) is 6.54 Å². The van der Waals surface area contributed by atoms with Crippen LogP contribution in [-0.2, 0) is 13.6 Å². The van der Waals surface area contributed by atoms with Gasteiger partial charge in [-0.15, -0.1) is 5.10 Å². The van der Waals surface area contributed by atoms with Crippen molar-refractivity contribution in [2.45, 2.75) is 6.54 Å². The topological polar surface area (TPSA) is 57.6 Å². The summed E-state index contributed by atoms with van der Waals surface area (Å²) in [6.07, 6.45) is 6.97. The van der Waals surface area contributed by atoms with E-state index in [4.69, 9.17) is 0 Å². The maximum atomic E-state index is 11.8. The van der Waals surface area contributed by atoms with Crippen molar-refractivity contribution in [3.63, 3.8) is 0 Å². The van der Waals surface area contributed by atoms with Gasteiger partial charge in [0.15, 0.2) is 0 Å². The van der Waals surface area contributed by atoms with Crippen LogP contribution in [0.3, 0.4) is 0 Å². The summed E-state index contributed by atoms with van der Waals surface area (Å²) < 4.78 is 4.91. The van der Waals surface area contributed by atoms with Gasteiger partial charge in [-0.3, -0.25) is 4.57 Å². The van der Waals surface area contributed by atoms with Gasteiger partial charge in [0.2, 0.25) is 0 Å². The second-order valence-electron chi connectivity index (χ2n) is 4.33. The summed E-state index contributed by atoms with van der Waals surface area (Å²) >= 11 is 0. The van der Waals surface area contributed by atoms with Gasteiger partial charge in [0.25, 0.3) is 0 Å². The zero-order valence-electron chi connectivity index (χ0n) is 10.5. The van der Waals surface area contributed by atoms with Crippen LogP contribution in [0.5, 0.6) is 0 Å². The van der Waals surface area contributed by atoms with Gasteiger partial charge in [0, 0.05) is 25.6 Å². The molecule has 0 bridgehead atoms. The number of aryl methyl sites for hydroxylation is 1.